The highest BCUT2D eigenvalue weighted by molar-refractivity contribution is 7.99. The summed E-state index contributed by atoms with van der Waals surface area (Å²) in [7, 11) is 3.35. The largest absolute Gasteiger partial charge is 0.382 e. The molecule has 0 aliphatic rings. The average Bonchev–Trinajstić information content (AvgIpc) is 2.75. The Morgan fingerprint density at radius 2 is 1.83 bits per heavy atom. The van der Waals surface area contributed by atoms with E-state index in [-0.39, 0.29) is 11.8 Å². The first-order valence-electron chi connectivity index (χ1n) is 9.97. The normalized spacial score (nSPS) is 10.5. The van der Waals surface area contributed by atoms with E-state index in [0.29, 0.717) is 36.2 Å². The van der Waals surface area contributed by atoms with Crippen LogP contribution in [0.15, 0.2) is 35.5 Å². The number of carbonyl (C=O) groups excluding carboxylic acids is 2. The van der Waals surface area contributed by atoms with Crippen LogP contribution >= 0.6 is 11.8 Å². The zero-order chi connectivity index (χ0) is 22.1. The van der Waals surface area contributed by atoms with Crippen LogP contribution in [0.3, 0.4) is 0 Å². The van der Waals surface area contributed by atoms with Crippen molar-refractivity contribution in [2.45, 2.75) is 38.4 Å². The molecule has 0 radical (unpaired) electrons. The number of rotatable bonds is 10. The number of carbonyl (C=O) groups is 2. The van der Waals surface area contributed by atoms with Crippen molar-refractivity contribution < 1.29 is 9.59 Å². The number of nitrogen functional groups attached to an aromatic ring is 1. The van der Waals surface area contributed by atoms with Crippen molar-refractivity contribution in [2.24, 2.45) is 0 Å². The lowest BCUT2D eigenvalue weighted by Crippen LogP contribution is -2.40. The monoisotopic (exact) mass is 430 g/mol. The fourth-order valence-corrected chi connectivity index (χ4v) is 3.64. The molecular formula is C21H30N6O2S. The van der Waals surface area contributed by atoms with Crippen LogP contribution in [0.1, 0.15) is 32.3 Å². The molecule has 1 aromatic carbocycles. The van der Waals surface area contributed by atoms with E-state index < -0.39 is 0 Å². The molecule has 2 N–H and O–H groups in total. The van der Waals surface area contributed by atoms with Crippen LogP contribution in [0.5, 0.6) is 0 Å². The molecule has 0 aliphatic heterocycles. The number of amides is 3. The molecule has 0 saturated carbocycles. The predicted molar refractivity (Wildman–Crippen MR) is 123 cm³/mol. The minimum atomic E-state index is -0.243. The molecule has 0 saturated heterocycles. The summed E-state index contributed by atoms with van der Waals surface area (Å²) in [4.78, 5) is 38.4. The standard InChI is InChI=1S/C21H30N6O2S/c1-5-12-25(3)21(29)26(4)17-18(22)23-20(30-13-6-2)24-19(17)27(15-28)14-16-10-8-7-9-11-16/h7-11,15H,5-6,12-14H2,1-4H3,(H2,22,23,24). The van der Waals surface area contributed by atoms with Crippen molar-refractivity contribution in [2.75, 3.05) is 41.9 Å². The van der Waals surface area contributed by atoms with Crippen molar-refractivity contribution in [1.29, 1.82) is 0 Å². The van der Waals surface area contributed by atoms with Crippen molar-refractivity contribution in [1.82, 2.24) is 14.9 Å². The maximum atomic E-state index is 12.9. The number of hydrogen-bond donors (Lipinski definition) is 1. The number of aromatic nitrogens is 2. The van der Waals surface area contributed by atoms with Crippen LogP contribution in [-0.4, -0.2) is 53.7 Å². The number of urea groups is 1. The zero-order valence-corrected chi connectivity index (χ0v) is 18.9. The van der Waals surface area contributed by atoms with Crippen molar-refractivity contribution >= 4 is 41.5 Å². The van der Waals surface area contributed by atoms with Crippen molar-refractivity contribution in [3.63, 3.8) is 0 Å². The molecule has 0 aliphatic carbocycles. The number of thioether (sulfide) groups is 1. The molecule has 0 unspecified atom stereocenters. The third-order valence-corrected chi connectivity index (χ3v) is 5.46. The van der Waals surface area contributed by atoms with Crippen LogP contribution in [0.25, 0.3) is 0 Å². The lowest BCUT2D eigenvalue weighted by atomic mass is 10.2. The number of hydrogen-bond acceptors (Lipinski definition) is 6. The SMILES string of the molecule is CCCSc1nc(N)c(N(C)C(=O)N(C)CCC)c(N(C=O)Cc2ccccc2)n1. The summed E-state index contributed by atoms with van der Waals surface area (Å²) in [5.41, 5.74) is 7.54. The van der Waals surface area contributed by atoms with Crippen molar-refractivity contribution in [3.8, 4) is 0 Å². The van der Waals surface area contributed by atoms with Crippen molar-refractivity contribution in [3.05, 3.63) is 35.9 Å². The number of benzene rings is 1. The van der Waals surface area contributed by atoms with Crippen LogP contribution in [0.4, 0.5) is 22.1 Å². The van der Waals surface area contributed by atoms with Gasteiger partial charge in [-0.1, -0.05) is 55.9 Å². The number of nitrogens with two attached hydrogens (primary N) is 1. The molecule has 2 rings (SSSR count). The number of anilines is 3. The lowest BCUT2D eigenvalue weighted by Gasteiger charge is -2.29. The fraction of sp³-hybridized carbons (Fsp3) is 0.429. The fourth-order valence-electron chi connectivity index (χ4n) is 2.94. The lowest BCUT2D eigenvalue weighted by molar-refractivity contribution is -0.107. The highest BCUT2D eigenvalue weighted by Gasteiger charge is 2.26. The quantitative estimate of drug-likeness (QED) is 0.351. The summed E-state index contributed by atoms with van der Waals surface area (Å²) in [5, 5.41) is 0.482. The zero-order valence-electron chi connectivity index (χ0n) is 18.0. The van der Waals surface area contributed by atoms with E-state index in [1.165, 1.54) is 21.6 Å². The van der Waals surface area contributed by atoms with Gasteiger partial charge in [-0.2, -0.15) is 0 Å². The Labute approximate surface area is 182 Å². The van der Waals surface area contributed by atoms with Gasteiger partial charge in [-0.25, -0.2) is 14.8 Å². The first kappa shape index (κ1) is 23.5. The van der Waals surface area contributed by atoms with E-state index in [2.05, 4.69) is 16.9 Å². The Bertz CT molecular complexity index is 849. The van der Waals surface area contributed by atoms with E-state index in [9.17, 15) is 9.59 Å². The first-order valence-corrected chi connectivity index (χ1v) is 11.0. The van der Waals surface area contributed by atoms with Gasteiger partial charge in [0.2, 0.25) is 6.41 Å². The molecule has 0 spiro atoms. The highest BCUT2D eigenvalue weighted by atomic mass is 32.2. The number of nitrogens with zero attached hydrogens (tertiary/aromatic N) is 5. The maximum absolute atomic E-state index is 12.9. The molecule has 0 fully saturated rings. The Balaban J connectivity index is 2.51. The molecule has 0 atom stereocenters. The molecule has 8 nitrogen and oxygen atoms in total. The van der Waals surface area contributed by atoms with Gasteiger partial charge in [0.1, 0.15) is 5.69 Å². The predicted octanol–water partition coefficient (Wildman–Crippen LogP) is 3.62. The van der Waals surface area contributed by atoms with Gasteiger partial charge in [0, 0.05) is 26.4 Å². The Morgan fingerprint density at radius 3 is 2.43 bits per heavy atom. The minimum Gasteiger partial charge on any atom is -0.382 e. The second-order valence-corrected chi connectivity index (χ2v) is 7.96. The smallest absolute Gasteiger partial charge is 0.324 e. The van der Waals surface area contributed by atoms with Gasteiger partial charge in [0.05, 0.1) is 6.54 Å². The summed E-state index contributed by atoms with van der Waals surface area (Å²) < 4.78 is 0. The molecule has 9 heteroatoms. The van der Waals surface area contributed by atoms with Gasteiger partial charge in [-0.3, -0.25) is 14.6 Å². The van der Waals surface area contributed by atoms with E-state index in [1.807, 2.05) is 37.3 Å². The highest BCUT2D eigenvalue weighted by Crippen LogP contribution is 2.34. The van der Waals surface area contributed by atoms with Crippen LogP contribution < -0.4 is 15.5 Å². The third kappa shape index (κ3) is 5.85. The second kappa shape index (κ2) is 11.4. The van der Waals surface area contributed by atoms with Gasteiger partial charge in [0.15, 0.2) is 16.8 Å². The molecular weight excluding hydrogens is 400 g/mol. The maximum Gasteiger partial charge on any atom is 0.324 e. The van der Waals surface area contributed by atoms with E-state index in [1.54, 1.807) is 19.0 Å². The summed E-state index contributed by atoms with van der Waals surface area (Å²) in [6, 6.07) is 9.34. The first-order chi connectivity index (χ1) is 14.4. The molecule has 1 heterocycles. The summed E-state index contributed by atoms with van der Waals surface area (Å²) in [6.45, 7) is 4.97. The molecule has 1 aromatic heterocycles. The second-order valence-electron chi connectivity index (χ2n) is 6.89. The van der Waals surface area contributed by atoms with Gasteiger partial charge in [-0.05, 0) is 18.4 Å². The Hall–Kier alpha value is -2.81. The van der Waals surface area contributed by atoms with Gasteiger partial charge >= 0.3 is 6.03 Å². The van der Waals surface area contributed by atoms with Gasteiger partial charge < -0.3 is 10.6 Å². The Kier molecular flexibility index (Phi) is 8.91. The van der Waals surface area contributed by atoms with Gasteiger partial charge in [0.25, 0.3) is 0 Å². The molecule has 162 valence electrons. The van der Waals surface area contributed by atoms with Crippen LogP contribution in [-0.2, 0) is 11.3 Å². The van der Waals surface area contributed by atoms with E-state index >= 15 is 0 Å². The summed E-state index contributed by atoms with van der Waals surface area (Å²) in [5.74, 6) is 1.31. The summed E-state index contributed by atoms with van der Waals surface area (Å²) in [6.07, 6.45) is 2.49. The minimum absolute atomic E-state index is 0.166. The molecule has 30 heavy (non-hydrogen) atoms. The third-order valence-electron chi connectivity index (χ3n) is 4.41. The van der Waals surface area contributed by atoms with Crippen LogP contribution in [0, 0.1) is 0 Å². The molecule has 0 bridgehead atoms. The topological polar surface area (TPSA) is 95.7 Å². The van der Waals surface area contributed by atoms with Gasteiger partial charge in [-0.15, -0.1) is 0 Å². The molecule has 2 aromatic rings. The average molecular weight is 431 g/mol. The Morgan fingerprint density at radius 1 is 1.13 bits per heavy atom. The van der Waals surface area contributed by atoms with E-state index in [4.69, 9.17) is 5.73 Å². The summed E-state index contributed by atoms with van der Waals surface area (Å²) >= 11 is 1.47. The molecule has 3 amide bonds. The van der Waals surface area contributed by atoms with E-state index in [0.717, 1.165) is 24.2 Å². The van der Waals surface area contributed by atoms with Crippen LogP contribution in [0.2, 0.25) is 0 Å².